The van der Waals surface area contributed by atoms with E-state index in [2.05, 4.69) is 11.9 Å². The van der Waals surface area contributed by atoms with Crippen molar-refractivity contribution in [2.75, 3.05) is 13.1 Å². The number of amides is 1. The van der Waals surface area contributed by atoms with Gasteiger partial charge in [-0.2, -0.15) is 0 Å². The number of piperidine rings is 1. The zero-order valence-electron chi connectivity index (χ0n) is 11.2. The maximum Gasteiger partial charge on any atom is 0.347 e. The second kappa shape index (κ2) is 5.69. The normalized spacial score (nSPS) is 16.6. The quantitative estimate of drug-likeness (QED) is 0.920. The molecule has 19 heavy (non-hydrogen) atoms. The SMILES string of the molecule is Cc1nc(CC(=O)N2CCC(C)CC2)sc1C(=O)O. The number of carbonyl (C=O) groups excluding carboxylic acids is 1. The van der Waals surface area contributed by atoms with Crippen LogP contribution in [0.25, 0.3) is 0 Å². The molecule has 2 heterocycles. The number of carbonyl (C=O) groups is 2. The van der Waals surface area contributed by atoms with Gasteiger partial charge >= 0.3 is 5.97 Å². The molecule has 6 heteroatoms. The Balaban J connectivity index is 1.99. The number of hydrogen-bond acceptors (Lipinski definition) is 4. The van der Waals surface area contributed by atoms with E-state index in [-0.39, 0.29) is 17.2 Å². The first-order valence-corrected chi connectivity index (χ1v) is 7.26. The first kappa shape index (κ1) is 14.0. The van der Waals surface area contributed by atoms with Crippen LogP contribution in [0.4, 0.5) is 0 Å². The molecule has 0 aliphatic carbocycles. The molecule has 0 saturated carbocycles. The number of thiazole rings is 1. The zero-order valence-corrected chi connectivity index (χ0v) is 12.0. The molecular formula is C13H18N2O3S. The number of aryl methyl sites for hydroxylation is 1. The third kappa shape index (κ3) is 3.32. The molecule has 1 aliphatic heterocycles. The summed E-state index contributed by atoms with van der Waals surface area (Å²) in [7, 11) is 0. The van der Waals surface area contributed by atoms with Gasteiger partial charge in [0.2, 0.25) is 5.91 Å². The molecule has 2 rings (SSSR count). The Hall–Kier alpha value is -1.43. The van der Waals surface area contributed by atoms with Crippen LogP contribution in [0.5, 0.6) is 0 Å². The van der Waals surface area contributed by atoms with Gasteiger partial charge in [0.1, 0.15) is 9.88 Å². The van der Waals surface area contributed by atoms with Crippen LogP contribution < -0.4 is 0 Å². The number of likely N-dealkylation sites (tertiary alicyclic amines) is 1. The smallest absolute Gasteiger partial charge is 0.347 e. The standard InChI is InChI=1S/C13H18N2O3S/c1-8-3-5-15(6-4-8)11(16)7-10-14-9(2)12(19-10)13(17)18/h8H,3-7H2,1-2H3,(H,17,18). The predicted octanol–water partition coefficient (Wildman–Crippen LogP) is 1.95. The average molecular weight is 282 g/mol. The molecule has 1 aromatic rings. The second-order valence-electron chi connectivity index (χ2n) is 5.07. The summed E-state index contributed by atoms with van der Waals surface area (Å²) in [5.74, 6) is -0.233. The molecule has 0 aromatic carbocycles. The van der Waals surface area contributed by atoms with Crippen molar-refractivity contribution in [3.8, 4) is 0 Å². The number of carboxylic acid groups (broad SMARTS) is 1. The topological polar surface area (TPSA) is 70.5 Å². The molecular weight excluding hydrogens is 264 g/mol. The minimum Gasteiger partial charge on any atom is -0.477 e. The summed E-state index contributed by atoms with van der Waals surface area (Å²) in [5, 5.41) is 9.56. The number of hydrogen-bond donors (Lipinski definition) is 1. The van der Waals surface area contributed by atoms with E-state index in [0.717, 1.165) is 37.3 Å². The van der Waals surface area contributed by atoms with Crippen LogP contribution >= 0.6 is 11.3 Å². The van der Waals surface area contributed by atoms with Crippen LogP contribution in [0.15, 0.2) is 0 Å². The Labute approximate surface area is 116 Å². The number of carboxylic acids is 1. The molecule has 1 aromatic heterocycles. The first-order chi connectivity index (χ1) is 8.97. The highest BCUT2D eigenvalue weighted by Gasteiger charge is 2.22. The fraction of sp³-hybridized carbons (Fsp3) is 0.615. The summed E-state index contributed by atoms with van der Waals surface area (Å²) >= 11 is 1.10. The molecule has 1 N–H and O–H groups in total. The van der Waals surface area contributed by atoms with Crippen LogP contribution in [0.3, 0.4) is 0 Å². The fourth-order valence-corrected chi connectivity index (χ4v) is 3.12. The van der Waals surface area contributed by atoms with E-state index in [9.17, 15) is 9.59 Å². The Morgan fingerprint density at radius 1 is 1.42 bits per heavy atom. The van der Waals surface area contributed by atoms with Crippen molar-refractivity contribution >= 4 is 23.2 Å². The lowest BCUT2D eigenvalue weighted by Gasteiger charge is -2.30. The Morgan fingerprint density at radius 2 is 2.05 bits per heavy atom. The molecule has 1 saturated heterocycles. The van der Waals surface area contributed by atoms with Gasteiger partial charge in [-0.3, -0.25) is 4.79 Å². The van der Waals surface area contributed by atoms with Gasteiger partial charge in [-0.1, -0.05) is 6.92 Å². The minimum atomic E-state index is -0.972. The van der Waals surface area contributed by atoms with E-state index in [1.807, 2.05) is 4.90 Å². The van der Waals surface area contributed by atoms with Gasteiger partial charge in [0.15, 0.2) is 0 Å². The molecule has 1 amide bonds. The van der Waals surface area contributed by atoms with Crippen molar-refractivity contribution < 1.29 is 14.7 Å². The van der Waals surface area contributed by atoms with Gasteiger partial charge in [-0.05, 0) is 25.7 Å². The summed E-state index contributed by atoms with van der Waals surface area (Å²) < 4.78 is 0. The number of aromatic carboxylic acids is 1. The third-order valence-corrected chi connectivity index (χ3v) is 4.62. The largest absolute Gasteiger partial charge is 0.477 e. The van der Waals surface area contributed by atoms with E-state index >= 15 is 0 Å². The highest BCUT2D eigenvalue weighted by Crippen LogP contribution is 2.21. The highest BCUT2D eigenvalue weighted by molar-refractivity contribution is 7.13. The molecule has 0 atom stereocenters. The van der Waals surface area contributed by atoms with Crippen molar-refractivity contribution in [1.29, 1.82) is 0 Å². The fourth-order valence-electron chi connectivity index (χ4n) is 2.23. The van der Waals surface area contributed by atoms with Crippen molar-refractivity contribution in [2.24, 2.45) is 5.92 Å². The van der Waals surface area contributed by atoms with Crippen molar-refractivity contribution in [1.82, 2.24) is 9.88 Å². The number of aromatic nitrogens is 1. The van der Waals surface area contributed by atoms with Gasteiger partial charge in [-0.25, -0.2) is 9.78 Å². The summed E-state index contributed by atoms with van der Waals surface area (Å²) in [6, 6.07) is 0. The van der Waals surface area contributed by atoms with Crippen LogP contribution in [0.1, 0.15) is 40.1 Å². The van der Waals surface area contributed by atoms with Crippen molar-refractivity contribution in [3.63, 3.8) is 0 Å². The molecule has 0 unspecified atom stereocenters. The average Bonchev–Trinajstić information content (AvgIpc) is 2.71. The summed E-state index contributed by atoms with van der Waals surface area (Å²) in [4.78, 5) is 29.3. The third-order valence-electron chi connectivity index (χ3n) is 3.47. The molecule has 1 aliphatic rings. The van der Waals surface area contributed by atoms with Crippen molar-refractivity contribution in [3.05, 3.63) is 15.6 Å². The van der Waals surface area contributed by atoms with E-state index in [4.69, 9.17) is 5.11 Å². The molecule has 0 radical (unpaired) electrons. The Kier molecular flexibility index (Phi) is 4.19. The highest BCUT2D eigenvalue weighted by atomic mass is 32.1. The van der Waals surface area contributed by atoms with Gasteiger partial charge in [-0.15, -0.1) is 11.3 Å². The zero-order chi connectivity index (χ0) is 14.0. The summed E-state index contributed by atoms with van der Waals surface area (Å²) in [6.07, 6.45) is 2.30. The lowest BCUT2D eigenvalue weighted by Crippen LogP contribution is -2.38. The maximum atomic E-state index is 12.1. The monoisotopic (exact) mass is 282 g/mol. The van der Waals surface area contributed by atoms with E-state index < -0.39 is 5.97 Å². The summed E-state index contributed by atoms with van der Waals surface area (Å²) in [6.45, 7) is 5.47. The Morgan fingerprint density at radius 3 is 2.58 bits per heavy atom. The van der Waals surface area contributed by atoms with Crippen molar-refractivity contribution in [2.45, 2.75) is 33.1 Å². The maximum absolute atomic E-state index is 12.1. The molecule has 0 bridgehead atoms. The lowest BCUT2D eigenvalue weighted by molar-refractivity contribution is -0.131. The molecule has 5 nitrogen and oxygen atoms in total. The van der Waals surface area contributed by atoms with Crippen LogP contribution in [-0.2, 0) is 11.2 Å². The molecule has 104 valence electrons. The number of rotatable bonds is 3. The van der Waals surface area contributed by atoms with Crippen LogP contribution in [0.2, 0.25) is 0 Å². The lowest BCUT2D eigenvalue weighted by atomic mass is 9.99. The van der Waals surface area contributed by atoms with E-state index in [0.29, 0.717) is 16.6 Å². The number of nitrogens with zero attached hydrogens (tertiary/aromatic N) is 2. The minimum absolute atomic E-state index is 0.0533. The van der Waals surface area contributed by atoms with Gasteiger partial charge in [0.05, 0.1) is 12.1 Å². The molecule has 0 spiro atoms. The van der Waals surface area contributed by atoms with Gasteiger partial charge < -0.3 is 10.0 Å². The predicted molar refractivity (Wildman–Crippen MR) is 72.5 cm³/mol. The second-order valence-corrected chi connectivity index (χ2v) is 6.15. The summed E-state index contributed by atoms with van der Waals surface area (Å²) in [5.41, 5.74) is 0.493. The van der Waals surface area contributed by atoms with E-state index in [1.165, 1.54) is 0 Å². The Bertz CT molecular complexity index is 490. The van der Waals surface area contributed by atoms with Gasteiger partial charge in [0.25, 0.3) is 0 Å². The van der Waals surface area contributed by atoms with E-state index in [1.54, 1.807) is 6.92 Å². The van der Waals surface area contributed by atoms with Crippen LogP contribution in [-0.4, -0.2) is 40.0 Å². The van der Waals surface area contributed by atoms with Crippen LogP contribution in [0, 0.1) is 12.8 Å². The molecule has 1 fully saturated rings. The van der Waals surface area contributed by atoms with Gasteiger partial charge in [0, 0.05) is 13.1 Å². The first-order valence-electron chi connectivity index (χ1n) is 6.44.